The molecule has 1 aromatic carbocycles. The molecule has 0 spiro atoms. The van der Waals surface area contributed by atoms with E-state index in [-0.39, 0.29) is 5.82 Å². The molecule has 2 aromatic heterocycles. The van der Waals surface area contributed by atoms with Crippen molar-refractivity contribution < 1.29 is 8.78 Å². The topological polar surface area (TPSA) is 44.8 Å². The molecule has 0 bridgehead atoms. The van der Waals surface area contributed by atoms with Crippen molar-refractivity contribution in [1.29, 1.82) is 0 Å². The van der Waals surface area contributed by atoms with E-state index in [1.807, 2.05) is 11.0 Å². The molecule has 1 aliphatic rings. The number of benzene rings is 1. The van der Waals surface area contributed by atoms with Gasteiger partial charge in [-0.2, -0.15) is 0 Å². The zero-order chi connectivity index (χ0) is 15.1. The molecule has 4 nitrogen and oxygen atoms in total. The lowest BCUT2D eigenvalue weighted by atomic mass is 10.2. The number of rotatable bonds is 2. The smallest absolute Gasteiger partial charge is 0.225 e. The van der Waals surface area contributed by atoms with E-state index in [2.05, 4.69) is 15.0 Å². The molecule has 112 valence electrons. The summed E-state index contributed by atoms with van der Waals surface area (Å²) in [6.07, 6.45) is 3.13. The molecule has 3 aromatic rings. The van der Waals surface area contributed by atoms with Gasteiger partial charge >= 0.3 is 0 Å². The number of fused-ring (bicyclic) bond motifs is 1. The summed E-state index contributed by atoms with van der Waals surface area (Å²) in [6.45, 7) is 0.997. The number of H-pyrrole nitrogens is 1. The van der Waals surface area contributed by atoms with Gasteiger partial charge in [0.05, 0.1) is 6.54 Å². The molecule has 4 rings (SSSR count). The SMILES string of the molecule is Fc1ccc2cc(-c3cnc(N4CC[C@H](F)C4)nc3)[nH]c2c1. The van der Waals surface area contributed by atoms with Crippen LogP contribution < -0.4 is 4.90 Å². The van der Waals surface area contributed by atoms with E-state index in [1.165, 1.54) is 12.1 Å². The van der Waals surface area contributed by atoms with Crippen molar-refractivity contribution in [2.24, 2.45) is 0 Å². The maximum Gasteiger partial charge on any atom is 0.225 e. The van der Waals surface area contributed by atoms with Crippen molar-refractivity contribution in [2.75, 3.05) is 18.0 Å². The van der Waals surface area contributed by atoms with Crippen LogP contribution in [0, 0.1) is 5.82 Å². The minimum Gasteiger partial charge on any atom is -0.354 e. The van der Waals surface area contributed by atoms with E-state index in [9.17, 15) is 8.78 Å². The lowest BCUT2D eigenvalue weighted by Gasteiger charge is -2.14. The summed E-state index contributed by atoms with van der Waals surface area (Å²) < 4.78 is 26.4. The highest BCUT2D eigenvalue weighted by Crippen LogP contribution is 2.25. The quantitative estimate of drug-likeness (QED) is 0.789. The number of aromatic amines is 1. The summed E-state index contributed by atoms with van der Waals surface area (Å²) in [5, 5.41) is 0.931. The maximum absolute atomic E-state index is 13.2. The fourth-order valence-electron chi connectivity index (χ4n) is 2.78. The van der Waals surface area contributed by atoms with E-state index < -0.39 is 6.17 Å². The molecule has 1 N–H and O–H groups in total. The summed E-state index contributed by atoms with van der Waals surface area (Å²) >= 11 is 0. The molecule has 0 unspecified atom stereocenters. The molecule has 1 atom stereocenters. The average molecular weight is 300 g/mol. The van der Waals surface area contributed by atoms with E-state index in [0.29, 0.717) is 25.5 Å². The van der Waals surface area contributed by atoms with Gasteiger partial charge in [0.1, 0.15) is 12.0 Å². The van der Waals surface area contributed by atoms with Crippen molar-refractivity contribution in [2.45, 2.75) is 12.6 Å². The summed E-state index contributed by atoms with van der Waals surface area (Å²) in [4.78, 5) is 13.6. The Morgan fingerprint density at radius 3 is 2.73 bits per heavy atom. The van der Waals surface area contributed by atoms with Crippen LogP contribution in [0.25, 0.3) is 22.2 Å². The first-order chi connectivity index (χ1) is 10.7. The van der Waals surface area contributed by atoms with Gasteiger partial charge in [-0.1, -0.05) is 0 Å². The van der Waals surface area contributed by atoms with Crippen molar-refractivity contribution >= 4 is 16.9 Å². The molecule has 6 heteroatoms. The first-order valence-corrected chi connectivity index (χ1v) is 7.19. The van der Waals surface area contributed by atoms with Crippen LogP contribution in [0.3, 0.4) is 0 Å². The third kappa shape index (κ3) is 2.30. The number of nitrogens with zero attached hydrogens (tertiary/aromatic N) is 3. The van der Waals surface area contributed by atoms with Crippen LogP contribution in [0.1, 0.15) is 6.42 Å². The zero-order valence-corrected chi connectivity index (χ0v) is 11.8. The summed E-state index contributed by atoms with van der Waals surface area (Å²) in [7, 11) is 0. The van der Waals surface area contributed by atoms with E-state index in [1.54, 1.807) is 18.5 Å². The fourth-order valence-corrected chi connectivity index (χ4v) is 2.78. The highest BCUT2D eigenvalue weighted by molar-refractivity contribution is 5.85. The standard InChI is InChI=1S/C16H14F2N4/c17-12-2-1-10-5-14(21-15(10)6-12)11-7-19-16(20-8-11)22-4-3-13(18)9-22/h1-2,5-8,13,21H,3-4,9H2/t13-/m0/s1. The monoisotopic (exact) mass is 300 g/mol. The number of halogens is 2. The first kappa shape index (κ1) is 13.2. The Balaban J connectivity index is 1.64. The van der Waals surface area contributed by atoms with Gasteiger partial charge in [-0.3, -0.25) is 0 Å². The van der Waals surface area contributed by atoms with E-state index >= 15 is 0 Å². The van der Waals surface area contributed by atoms with Crippen LogP contribution in [0.2, 0.25) is 0 Å². The predicted octanol–water partition coefficient (Wildman–Crippen LogP) is 3.31. The Kier molecular flexibility index (Phi) is 3.03. The first-order valence-electron chi connectivity index (χ1n) is 7.19. The highest BCUT2D eigenvalue weighted by atomic mass is 19.1. The minimum absolute atomic E-state index is 0.276. The number of anilines is 1. The zero-order valence-electron chi connectivity index (χ0n) is 11.8. The van der Waals surface area contributed by atoms with Crippen LogP contribution >= 0.6 is 0 Å². The van der Waals surface area contributed by atoms with Gasteiger partial charge < -0.3 is 9.88 Å². The normalized spacial score (nSPS) is 18.3. The van der Waals surface area contributed by atoms with E-state index in [4.69, 9.17) is 0 Å². The molecule has 0 aliphatic carbocycles. The van der Waals surface area contributed by atoms with Crippen LogP contribution in [-0.4, -0.2) is 34.2 Å². The van der Waals surface area contributed by atoms with Gasteiger partial charge in [-0.25, -0.2) is 18.7 Å². The molecule has 1 aliphatic heterocycles. The summed E-state index contributed by atoms with van der Waals surface area (Å²) in [5.74, 6) is 0.272. The van der Waals surface area contributed by atoms with Crippen molar-refractivity contribution in [3.05, 3.63) is 42.5 Å². The number of aromatic nitrogens is 3. The molecule has 0 amide bonds. The Hall–Kier alpha value is -2.50. The van der Waals surface area contributed by atoms with Crippen molar-refractivity contribution in [3.63, 3.8) is 0 Å². The van der Waals surface area contributed by atoms with Gasteiger partial charge in [-0.15, -0.1) is 0 Å². The number of alkyl halides is 1. The van der Waals surface area contributed by atoms with Crippen LogP contribution in [-0.2, 0) is 0 Å². The van der Waals surface area contributed by atoms with Crippen LogP contribution in [0.15, 0.2) is 36.7 Å². The Morgan fingerprint density at radius 1 is 1.18 bits per heavy atom. The van der Waals surface area contributed by atoms with Gasteiger partial charge in [0.15, 0.2) is 0 Å². The number of hydrogen-bond acceptors (Lipinski definition) is 3. The lowest BCUT2D eigenvalue weighted by Crippen LogP contribution is -2.22. The summed E-state index contributed by atoms with van der Waals surface area (Å²) in [5.41, 5.74) is 2.38. The molecule has 1 saturated heterocycles. The second-order valence-corrected chi connectivity index (χ2v) is 5.52. The second-order valence-electron chi connectivity index (χ2n) is 5.52. The summed E-state index contributed by atoms with van der Waals surface area (Å²) in [6, 6.07) is 6.55. The molecular weight excluding hydrogens is 286 g/mol. The third-order valence-electron chi connectivity index (χ3n) is 3.95. The third-order valence-corrected chi connectivity index (χ3v) is 3.95. The van der Waals surface area contributed by atoms with Gasteiger partial charge in [-0.05, 0) is 30.7 Å². The minimum atomic E-state index is -0.799. The van der Waals surface area contributed by atoms with Crippen molar-refractivity contribution in [1.82, 2.24) is 15.0 Å². The molecular formula is C16H14F2N4. The van der Waals surface area contributed by atoms with Crippen LogP contribution in [0.5, 0.6) is 0 Å². The molecule has 0 saturated carbocycles. The van der Waals surface area contributed by atoms with Crippen molar-refractivity contribution in [3.8, 4) is 11.3 Å². The number of nitrogens with one attached hydrogen (secondary N) is 1. The van der Waals surface area contributed by atoms with E-state index in [0.717, 1.165) is 22.2 Å². The molecule has 0 radical (unpaired) electrons. The highest BCUT2D eigenvalue weighted by Gasteiger charge is 2.23. The second kappa shape index (κ2) is 5.05. The molecule has 3 heterocycles. The fraction of sp³-hybridized carbons (Fsp3) is 0.250. The largest absolute Gasteiger partial charge is 0.354 e. The number of hydrogen-bond donors (Lipinski definition) is 1. The van der Waals surface area contributed by atoms with Gasteiger partial charge in [0, 0.05) is 41.1 Å². The molecule has 22 heavy (non-hydrogen) atoms. The van der Waals surface area contributed by atoms with Crippen LogP contribution in [0.4, 0.5) is 14.7 Å². The lowest BCUT2D eigenvalue weighted by molar-refractivity contribution is 0.364. The Bertz CT molecular complexity index is 813. The maximum atomic E-state index is 13.2. The predicted molar refractivity (Wildman–Crippen MR) is 81.0 cm³/mol. The Labute approximate surface area is 125 Å². The average Bonchev–Trinajstić information content (AvgIpc) is 3.13. The van der Waals surface area contributed by atoms with Gasteiger partial charge in [0.2, 0.25) is 5.95 Å². The molecule has 1 fully saturated rings. The Morgan fingerprint density at radius 2 is 2.00 bits per heavy atom. The van der Waals surface area contributed by atoms with Gasteiger partial charge in [0.25, 0.3) is 0 Å².